The number of benzene rings is 1. The van der Waals surface area contributed by atoms with E-state index in [1.807, 2.05) is 45.0 Å². The number of amides is 3. The third-order valence-electron chi connectivity index (χ3n) is 4.52. The van der Waals surface area contributed by atoms with Crippen molar-refractivity contribution in [3.63, 3.8) is 0 Å². The first-order chi connectivity index (χ1) is 13.1. The maximum atomic E-state index is 13.2. The van der Waals surface area contributed by atoms with Crippen LogP contribution in [0.25, 0.3) is 0 Å². The Bertz CT molecular complexity index is 817. The van der Waals surface area contributed by atoms with Gasteiger partial charge in [0.05, 0.1) is 6.42 Å². The van der Waals surface area contributed by atoms with Crippen LogP contribution in [-0.4, -0.2) is 52.1 Å². The second-order valence-corrected chi connectivity index (χ2v) is 7.67. The van der Waals surface area contributed by atoms with Gasteiger partial charge in [-0.05, 0) is 23.1 Å². The zero-order chi connectivity index (χ0) is 21.1. The Hall–Kier alpha value is -2.89. The summed E-state index contributed by atoms with van der Waals surface area (Å²) in [6.07, 6.45) is -2.36. The van der Waals surface area contributed by atoms with E-state index in [0.717, 1.165) is 11.1 Å². The van der Waals surface area contributed by atoms with E-state index < -0.39 is 41.8 Å². The molecule has 3 rings (SSSR count). The van der Waals surface area contributed by atoms with Crippen molar-refractivity contribution in [2.45, 2.75) is 45.4 Å². The molecule has 8 heteroatoms. The van der Waals surface area contributed by atoms with E-state index in [-0.39, 0.29) is 5.91 Å². The lowest BCUT2D eigenvalue weighted by Gasteiger charge is -2.41. The maximum absolute atomic E-state index is 13.2. The average molecular weight is 387 g/mol. The number of rotatable bonds is 6. The van der Waals surface area contributed by atoms with Crippen molar-refractivity contribution in [2.24, 2.45) is 5.41 Å². The Kier molecular flexibility index (Phi) is 6.44. The molecule has 3 amide bonds. The highest BCUT2D eigenvalue weighted by Gasteiger charge is 2.43. The number of nitrogens with zero attached hydrogens (tertiary/aromatic N) is 1. The van der Waals surface area contributed by atoms with Gasteiger partial charge in [-0.25, -0.2) is 5.48 Å². The quantitative estimate of drug-likeness (QED) is 0.319. The minimum atomic E-state index is -1.76. The van der Waals surface area contributed by atoms with E-state index in [2.05, 4.69) is 17.2 Å². The molecular weight excluding hydrogens is 362 g/mol. The SMILES string of the molecule is CNC(=O)[C@@H](N(C(=O)C[C@H](O)C(=O)NO)C1C#Cc2ccc1cc2)C(C)(C)C. The summed E-state index contributed by atoms with van der Waals surface area (Å²) < 4.78 is 0. The molecule has 0 aromatic heterocycles. The molecule has 0 radical (unpaired) electrons. The summed E-state index contributed by atoms with van der Waals surface area (Å²) in [5, 5.41) is 21.2. The Morgan fingerprint density at radius 2 is 1.79 bits per heavy atom. The standard InChI is InChI=1S/C20H25N3O5/c1-20(2,3)17(19(27)21-4)23(16(25)11-15(24)18(26)22-28)14-10-7-12-5-8-13(14)9-6-12/h5-6,8-9,14-15,17,24,28H,11H2,1-4H3,(H,21,27)(H,22,26)/t14?,15-,17+/m0/s1. The minimum absolute atomic E-state index is 0.385. The predicted octanol–water partition coefficient (Wildman–Crippen LogP) is 0.339. The van der Waals surface area contributed by atoms with E-state index in [1.165, 1.54) is 17.4 Å². The summed E-state index contributed by atoms with van der Waals surface area (Å²) in [5.74, 6) is 3.87. The van der Waals surface area contributed by atoms with Gasteiger partial charge in [-0.1, -0.05) is 44.7 Å². The third kappa shape index (κ3) is 4.50. The van der Waals surface area contributed by atoms with Gasteiger partial charge in [0.2, 0.25) is 11.8 Å². The van der Waals surface area contributed by atoms with Gasteiger partial charge in [0.1, 0.15) is 18.2 Å². The van der Waals surface area contributed by atoms with Crippen LogP contribution >= 0.6 is 0 Å². The highest BCUT2D eigenvalue weighted by molar-refractivity contribution is 5.91. The average Bonchev–Trinajstić information content (AvgIpc) is 2.97. The van der Waals surface area contributed by atoms with Crippen LogP contribution < -0.4 is 10.8 Å². The molecule has 3 atom stereocenters. The number of aliphatic hydroxyl groups is 1. The topological polar surface area (TPSA) is 119 Å². The van der Waals surface area contributed by atoms with Gasteiger partial charge >= 0.3 is 0 Å². The molecule has 0 heterocycles. The zero-order valence-corrected chi connectivity index (χ0v) is 16.3. The second kappa shape index (κ2) is 8.42. The van der Waals surface area contributed by atoms with Crippen LogP contribution in [0.5, 0.6) is 0 Å². The molecule has 2 aliphatic carbocycles. The molecule has 1 unspecified atom stereocenters. The fourth-order valence-corrected chi connectivity index (χ4v) is 3.16. The van der Waals surface area contributed by atoms with Gasteiger partial charge in [-0.3, -0.25) is 19.6 Å². The Labute approximate surface area is 163 Å². The van der Waals surface area contributed by atoms with Crippen molar-refractivity contribution in [1.29, 1.82) is 0 Å². The van der Waals surface area contributed by atoms with Crippen molar-refractivity contribution in [2.75, 3.05) is 7.05 Å². The maximum Gasteiger partial charge on any atom is 0.272 e. The van der Waals surface area contributed by atoms with Crippen LogP contribution in [0.2, 0.25) is 0 Å². The van der Waals surface area contributed by atoms with E-state index in [1.54, 1.807) is 0 Å². The number of carbonyl (C=O) groups is 3. The first-order valence-electron chi connectivity index (χ1n) is 8.86. The van der Waals surface area contributed by atoms with Crippen molar-refractivity contribution in [3.8, 4) is 11.8 Å². The van der Waals surface area contributed by atoms with E-state index >= 15 is 0 Å². The molecule has 150 valence electrons. The van der Waals surface area contributed by atoms with Gasteiger partial charge in [0.25, 0.3) is 5.91 Å². The summed E-state index contributed by atoms with van der Waals surface area (Å²) in [6, 6.07) is 5.63. The van der Waals surface area contributed by atoms with Crippen LogP contribution in [0.4, 0.5) is 0 Å². The van der Waals surface area contributed by atoms with Gasteiger partial charge in [0, 0.05) is 12.6 Å². The number of fused-ring (bicyclic) bond motifs is 3. The molecular formula is C20H25N3O5. The Balaban J connectivity index is 2.52. The number of carbonyl (C=O) groups excluding carboxylic acids is 3. The fourth-order valence-electron chi connectivity index (χ4n) is 3.16. The number of likely N-dealkylation sites (N-methyl/N-ethyl adjacent to an activating group) is 1. The summed E-state index contributed by atoms with van der Waals surface area (Å²) in [6.45, 7) is 5.45. The molecule has 4 N–H and O–H groups in total. The van der Waals surface area contributed by atoms with Gasteiger partial charge in [0.15, 0.2) is 0 Å². The Morgan fingerprint density at radius 1 is 1.18 bits per heavy atom. The highest BCUT2D eigenvalue weighted by atomic mass is 16.5. The summed E-state index contributed by atoms with van der Waals surface area (Å²) >= 11 is 0. The van der Waals surface area contributed by atoms with Crippen LogP contribution in [-0.2, 0) is 14.4 Å². The van der Waals surface area contributed by atoms with Crippen molar-refractivity contribution in [3.05, 3.63) is 35.4 Å². The molecule has 0 fully saturated rings. The number of hydrogen-bond donors (Lipinski definition) is 4. The Morgan fingerprint density at radius 3 is 2.29 bits per heavy atom. The van der Waals surface area contributed by atoms with Gasteiger partial charge in [-0.2, -0.15) is 0 Å². The van der Waals surface area contributed by atoms with E-state index in [4.69, 9.17) is 5.21 Å². The number of hydrogen-bond acceptors (Lipinski definition) is 5. The van der Waals surface area contributed by atoms with Crippen molar-refractivity contribution < 1.29 is 24.7 Å². The molecule has 2 aliphatic rings. The third-order valence-corrected chi connectivity index (χ3v) is 4.52. The first-order valence-corrected chi connectivity index (χ1v) is 8.86. The van der Waals surface area contributed by atoms with Crippen LogP contribution in [0.1, 0.15) is 44.4 Å². The van der Waals surface area contributed by atoms with Crippen LogP contribution in [0.15, 0.2) is 24.3 Å². The van der Waals surface area contributed by atoms with Gasteiger partial charge < -0.3 is 15.3 Å². The van der Waals surface area contributed by atoms with Gasteiger partial charge in [-0.15, -0.1) is 0 Å². The number of nitrogens with one attached hydrogen (secondary N) is 2. The van der Waals surface area contributed by atoms with E-state index in [9.17, 15) is 19.5 Å². The monoisotopic (exact) mass is 387 g/mol. The summed E-state index contributed by atoms with van der Waals surface area (Å²) in [5.41, 5.74) is 2.17. The second-order valence-electron chi connectivity index (χ2n) is 7.67. The molecule has 2 bridgehead atoms. The smallest absolute Gasteiger partial charge is 0.272 e. The highest BCUT2D eigenvalue weighted by Crippen LogP contribution is 2.33. The largest absolute Gasteiger partial charge is 0.383 e. The minimum Gasteiger partial charge on any atom is -0.383 e. The van der Waals surface area contributed by atoms with Crippen molar-refractivity contribution in [1.82, 2.24) is 15.7 Å². The lowest BCUT2D eigenvalue weighted by molar-refractivity contribution is -0.151. The molecule has 0 saturated carbocycles. The molecule has 0 saturated heterocycles. The molecule has 1 aromatic rings. The zero-order valence-electron chi connectivity index (χ0n) is 16.3. The van der Waals surface area contributed by atoms with E-state index in [0.29, 0.717) is 0 Å². The van der Waals surface area contributed by atoms with Crippen LogP contribution in [0, 0.1) is 17.3 Å². The number of aliphatic hydroxyl groups excluding tert-OH is 1. The lowest BCUT2D eigenvalue weighted by Crippen LogP contribution is -2.56. The molecule has 0 spiro atoms. The lowest BCUT2D eigenvalue weighted by atomic mass is 9.83. The molecule has 1 aromatic carbocycles. The fraction of sp³-hybridized carbons (Fsp3) is 0.450. The summed E-state index contributed by atoms with van der Waals surface area (Å²) in [4.78, 5) is 38.7. The summed E-state index contributed by atoms with van der Waals surface area (Å²) in [7, 11) is 1.48. The first kappa shape index (κ1) is 21.4. The molecule has 0 aliphatic heterocycles. The van der Waals surface area contributed by atoms with Crippen molar-refractivity contribution >= 4 is 17.7 Å². The van der Waals surface area contributed by atoms with Crippen LogP contribution in [0.3, 0.4) is 0 Å². The predicted molar refractivity (Wildman–Crippen MR) is 101 cm³/mol. The molecule has 8 nitrogen and oxygen atoms in total. The number of hydroxylamine groups is 1. The molecule has 28 heavy (non-hydrogen) atoms. The normalized spacial score (nSPS) is 16.9.